The van der Waals surface area contributed by atoms with Gasteiger partial charge in [0.05, 0.1) is 0 Å². The van der Waals surface area contributed by atoms with E-state index in [9.17, 15) is 4.79 Å². The molecule has 0 aliphatic carbocycles. The Kier molecular flexibility index (Phi) is 8.79. The van der Waals surface area contributed by atoms with Gasteiger partial charge in [0.1, 0.15) is 0 Å². The maximum absolute atomic E-state index is 11.9. The predicted octanol–water partition coefficient (Wildman–Crippen LogP) is 3.84. The zero-order valence-electron chi connectivity index (χ0n) is 15.4. The molecule has 3 nitrogen and oxygen atoms in total. The summed E-state index contributed by atoms with van der Waals surface area (Å²) >= 11 is 0. The summed E-state index contributed by atoms with van der Waals surface area (Å²) in [6.45, 7) is 9.63. The monoisotopic (exact) mass is 352 g/mol. The van der Waals surface area contributed by atoms with E-state index in [-0.39, 0.29) is 23.7 Å². The summed E-state index contributed by atoms with van der Waals surface area (Å²) in [7, 11) is 0. The largest absolute Gasteiger partial charge is 0.356 e. The third kappa shape index (κ3) is 7.23. The standard InChI is InChI=1S/C20H32N2O.ClH/c1-20(2,3)18-7-4-16(5-8-18)12-15-22-19(23)9-6-17-10-13-21-14-11-17;/h4-5,7-8,17,21H,6,9-15H2,1-3H3,(H,22,23);1H. The van der Waals surface area contributed by atoms with Crippen LogP contribution in [0.1, 0.15) is 57.6 Å². The molecule has 1 aliphatic rings. The number of carbonyl (C=O) groups excluding carboxylic acids is 1. The smallest absolute Gasteiger partial charge is 0.220 e. The van der Waals surface area contributed by atoms with E-state index in [2.05, 4.69) is 55.7 Å². The number of hydrogen-bond acceptors (Lipinski definition) is 2. The Morgan fingerprint density at radius 3 is 2.38 bits per heavy atom. The van der Waals surface area contributed by atoms with E-state index in [1.54, 1.807) is 0 Å². The molecule has 4 heteroatoms. The normalized spacial score (nSPS) is 15.6. The highest BCUT2D eigenvalue weighted by molar-refractivity contribution is 5.85. The van der Waals surface area contributed by atoms with E-state index < -0.39 is 0 Å². The quantitative estimate of drug-likeness (QED) is 0.816. The van der Waals surface area contributed by atoms with Crippen LogP contribution in [0.5, 0.6) is 0 Å². The van der Waals surface area contributed by atoms with Gasteiger partial charge in [0.2, 0.25) is 5.91 Å². The van der Waals surface area contributed by atoms with Gasteiger partial charge in [0, 0.05) is 13.0 Å². The lowest BCUT2D eigenvalue weighted by molar-refractivity contribution is -0.121. The fraction of sp³-hybridized carbons (Fsp3) is 0.650. The summed E-state index contributed by atoms with van der Waals surface area (Å²) < 4.78 is 0. The minimum Gasteiger partial charge on any atom is -0.356 e. The van der Waals surface area contributed by atoms with Crippen molar-refractivity contribution in [1.82, 2.24) is 10.6 Å². The van der Waals surface area contributed by atoms with Crippen LogP contribution in [-0.2, 0) is 16.6 Å². The predicted molar refractivity (Wildman–Crippen MR) is 104 cm³/mol. The SMILES string of the molecule is CC(C)(C)c1ccc(CCNC(=O)CCC2CCNCC2)cc1.Cl. The first-order valence-electron chi connectivity index (χ1n) is 9.02. The van der Waals surface area contributed by atoms with Crippen molar-refractivity contribution in [3.8, 4) is 0 Å². The van der Waals surface area contributed by atoms with Crippen molar-refractivity contribution >= 4 is 18.3 Å². The van der Waals surface area contributed by atoms with Gasteiger partial charge in [-0.15, -0.1) is 12.4 Å². The molecular weight excluding hydrogens is 320 g/mol. The third-order valence-corrected chi connectivity index (χ3v) is 4.79. The molecule has 0 radical (unpaired) electrons. The molecule has 24 heavy (non-hydrogen) atoms. The fourth-order valence-corrected chi connectivity index (χ4v) is 3.11. The molecule has 0 atom stereocenters. The van der Waals surface area contributed by atoms with Gasteiger partial charge < -0.3 is 10.6 Å². The third-order valence-electron chi connectivity index (χ3n) is 4.79. The topological polar surface area (TPSA) is 41.1 Å². The van der Waals surface area contributed by atoms with E-state index in [1.807, 2.05) is 0 Å². The van der Waals surface area contributed by atoms with Gasteiger partial charge in [-0.25, -0.2) is 0 Å². The number of rotatable bonds is 6. The first-order valence-corrected chi connectivity index (χ1v) is 9.02. The Morgan fingerprint density at radius 2 is 1.79 bits per heavy atom. The lowest BCUT2D eigenvalue weighted by Gasteiger charge is -2.22. The fourth-order valence-electron chi connectivity index (χ4n) is 3.11. The molecule has 1 aromatic rings. The van der Waals surface area contributed by atoms with Crippen LogP contribution in [0.3, 0.4) is 0 Å². The second-order valence-electron chi connectivity index (χ2n) is 7.78. The first-order chi connectivity index (χ1) is 10.9. The average molecular weight is 353 g/mol. The second kappa shape index (κ2) is 10.0. The number of halogens is 1. The van der Waals surface area contributed by atoms with Crippen molar-refractivity contribution in [2.75, 3.05) is 19.6 Å². The zero-order chi connectivity index (χ0) is 16.7. The maximum atomic E-state index is 11.9. The Bertz CT molecular complexity index is 487. The van der Waals surface area contributed by atoms with Crippen molar-refractivity contribution in [2.45, 2.75) is 58.3 Å². The molecule has 1 amide bonds. The summed E-state index contributed by atoms with van der Waals surface area (Å²) in [4.78, 5) is 11.9. The highest BCUT2D eigenvalue weighted by Gasteiger charge is 2.14. The highest BCUT2D eigenvalue weighted by atomic mass is 35.5. The van der Waals surface area contributed by atoms with Crippen molar-refractivity contribution in [3.63, 3.8) is 0 Å². The Hall–Kier alpha value is -1.06. The highest BCUT2D eigenvalue weighted by Crippen LogP contribution is 2.22. The minimum absolute atomic E-state index is 0. The van der Waals surface area contributed by atoms with Gasteiger partial charge in [-0.2, -0.15) is 0 Å². The maximum Gasteiger partial charge on any atom is 0.220 e. The van der Waals surface area contributed by atoms with Crippen molar-refractivity contribution in [2.24, 2.45) is 5.92 Å². The lowest BCUT2D eigenvalue weighted by Crippen LogP contribution is -2.30. The number of carbonyl (C=O) groups is 1. The summed E-state index contributed by atoms with van der Waals surface area (Å²) in [6.07, 6.45) is 5.05. The number of benzene rings is 1. The van der Waals surface area contributed by atoms with Crippen molar-refractivity contribution < 1.29 is 4.79 Å². The van der Waals surface area contributed by atoms with Gasteiger partial charge in [-0.3, -0.25) is 4.79 Å². The minimum atomic E-state index is 0. The number of amides is 1. The van der Waals surface area contributed by atoms with E-state index in [4.69, 9.17) is 0 Å². The van der Waals surface area contributed by atoms with Crippen LogP contribution in [0.25, 0.3) is 0 Å². The Labute approximate surface area is 153 Å². The number of nitrogens with one attached hydrogen (secondary N) is 2. The molecule has 2 rings (SSSR count). The van der Waals surface area contributed by atoms with Crippen LogP contribution in [-0.4, -0.2) is 25.5 Å². The molecule has 1 aliphatic heterocycles. The molecule has 0 unspecified atom stereocenters. The summed E-state index contributed by atoms with van der Waals surface area (Å²) in [5, 5.41) is 6.43. The molecule has 0 bridgehead atoms. The zero-order valence-corrected chi connectivity index (χ0v) is 16.2. The molecule has 0 aromatic heterocycles. The van der Waals surface area contributed by atoms with E-state index in [1.165, 1.54) is 24.0 Å². The van der Waals surface area contributed by atoms with Crippen LogP contribution in [0.15, 0.2) is 24.3 Å². The Morgan fingerprint density at radius 1 is 1.17 bits per heavy atom. The van der Waals surface area contributed by atoms with Crippen LogP contribution in [0.2, 0.25) is 0 Å². The van der Waals surface area contributed by atoms with E-state index >= 15 is 0 Å². The van der Waals surface area contributed by atoms with Gasteiger partial charge in [-0.05, 0) is 61.2 Å². The molecule has 0 saturated carbocycles. The molecule has 2 N–H and O–H groups in total. The van der Waals surface area contributed by atoms with E-state index in [0.29, 0.717) is 6.42 Å². The molecule has 1 aromatic carbocycles. The molecule has 1 saturated heterocycles. The second-order valence-corrected chi connectivity index (χ2v) is 7.78. The summed E-state index contributed by atoms with van der Waals surface area (Å²) in [5.41, 5.74) is 2.84. The lowest BCUT2D eigenvalue weighted by atomic mass is 9.86. The molecule has 136 valence electrons. The van der Waals surface area contributed by atoms with Gasteiger partial charge in [0.25, 0.3) is 0 Å². The van der Waals surface area contributed by atoms with Gasteiger partial charge in [-0.1, -0.05) is 45.0 Å². The first kappa shape index (κ1) is 21.0. The molecule has 0 spiro atoms. The van der Waals surface area contributed by atoms with Crippen LogP contribution < -0.4 is 10.6 Å². The number of piperidine rings is 1. The van der Waals surface area contributed by atoms with Crippen LogP contribution >= 0.6 is 12.4 Å². The molecular formula is C20H33ClN2O. The van der Waals surface area contributed by atoms with Crippen molar-refractivity contribution in [3.05, 3.63) is 35.4 Å². The van der Waals surface area contributed by atoms with E-state index in [0.717, 1.165) is 38.4 Å². The molecule has 1 fully saturated rings. The summed E-state index contributed by atoms with van der Waals surface area (Å²) in [5.74, 6) is 0.932. The van der Waals surface area contributed by atoms with Gasteiger partial charge in [0.15, 0.2) is 0 Å². The molecule has 1 heterocycles. The van der Waals surface area contributed by atoms with Crippen molar-refractivity contribution in [1.29, 1.82) is 0 Å². The average Bonchev–Trinajstić information content (AvgIpc) is 2.53. The van der Waals surface area contributed by atoms with Crippen LogP contribution in [0, 0.1) is 5.92 Å². The number of hydrogen-bond donors (Lipinski definition) is 2. The summed E-state index contributed by atoms with van der Waals surface area (Å²) in [6, 6.07) is 8.77. The van der Waals surface area contributed by atoms with Gasteiger partial charge >= 0.3 is 0 Å². The Balaban J connectivity index is 0.00000288. The van der Waals surface area contributed by atoms with Crippen LogP contribution in [0.4, 0.5) is 0 Å².